The molecule has 0 aliphatic heterocycles. The average molecular weight is 300 g/mol. The second kappa shape index (κ2) is 5.12. The molecule has 0 radical (unpaired) electrons. The second-order valence-electron chi connectivity index (χ2n) is 3.71. The second-order valence-corrected chi connectivity index (χ2v) is 6.00. The van der Waals surface area contributed by atoms with Gasteiger partial charge in [-0.2, -0.15) is 5.10 Å². The van der Waals surface area contributed by atoms with Crippen LogP contribution in [0.5, 0.6) is 0 Å². The van der Waals surface area contributed by atoms with Gasteiger partial charge in [-0.05, 0) is 46.1 Å². The minimum Gasteiger partial charge on any atom is -0.313 e. The van der Waals surface area contributed by atoms with Crippen LogP contribution in [-0.2, 0) is 13.5 Å². The molecule has 0 saturated heterocycles. The number of aromatic nitrogens is 2. The van der Waals surface area contributed by atoms with E-state index in [1.807, 2.05) is 25.0 Å². The van der Waals surface area contributed by atoms with E-state index in [4.69, 9.17) is 0 Å². The molecule has 1 N–H and O–H groups in total. The summed E-state index contributed by atoms with van der Waals surface area (Å²) in [4.78, 5) is 0. The van der Waals surface area contributed by atoms with Gasteiger partial charge in [0.15, 0.2) is 0 Å². The predicted molar refractivity (Wildman–Crippen MR) is 70.7 cm³/mol. The van der Waals surface area contributed by atoms with Gasteiger partial charge in [0.2, 0.25) is 0 Å². The van der Waals surface area contributed by atoms with Crippen molar-refractivity contribution >= 4 is 27.3 Å². The first kappa shape index (κ1) is 11.8. The first-order valence-electron chi connectivity index (χ1n) is 5.09. The third-order valence-corrected chi connectivity index (χ3v) is 4.04. The molecule has 3 nitrogen and oxygen atoms in total. The minimum absolute atomic E-state index is 0.331. The molecule has 0 amide bonds. The fourth-order valence-electron chi connectivity index (χ4n) is 1.67. The number of rotatable bonds is 4. The number of likely N-dealkylation sites (N-methyl/N-ethyl adjacent to an activating group) is 1. The minimum atomic E-state index is 0.331. The lowest BCUT2D eigenvalue weighted by molar-refractivity contribution is 0.579. The Morgan fingerprint density at radius 2 is 2.44 bits per heavy atom. The average Bonchev–Trinajstić information content (AvgIpc) is 2.84. The van der Waals surface area contributed by atoms with Crippen molar-refractivity contribution in [3.63, 3.8) is 0 Å². The van der Waals surface area contributed by atoms with Crippen LogP contribution >= 0.6 is 27.3 Å². The van der Waals surface area contributed by atoms with Gasteiger partial charge >= 0.3 is 0 Å². The fourth-order valence-corrected chi connectivity index (χ4v) is 2.90. The molecule has 0 aliphatic rings. The van der Waals surface area contributed by atoms with Gasteiger partial charge in [0.1, 0.15) is 0 Å². The predicted octanol–water partition coefficient (Wildman–Crippen LogP) is 2.75. The van der Waals surface area contributed by atoms with Crippen molar-refractivity contribution in [1.82, 2.24) is 15.1 Å². The molecule has 1 atom stereocenters. The Bertz CT molecular complexity index is 463. The molecule has 0 fully saturated rings. The Morgan fingerprint density at radius 1 is 1.62 bits per heavy atom. The van der Waals surface area contributed by atoms with Crippen LogP contribution in [0.15, 0.2) is 27.5 Å². The van der Waals surface area contributed by atoms with E-state index in [1.54, 1.807) is 11.3 Å². The number of hydrogen-bond acceptors (Lipinski definition) is 3. The number of nitrogens with one attached hydrogen (secondary N) is 1. The summed E-state index contributed by atoms with van der Waals surface area (Å²) in [6, 6.07) is 4.55. The van der Waals surface area contributed by atoms with E-state index in [2.05, 4.69) is 43.9 Å². The van der Waals surface area contributed by atoms with Gasteiger partial charge in [0, 0.05) is 25.7 Å². The molecule has 0 spiro atoms. The number of thiophene rings is 1. The highest BCUT2D eigenvalue weighted by Crippen LogP contribution is 2.26. The van der Waals surface area contributed by atoms with Crippen LogP contribution in [0.2, 0.25) is 0 Å². The van der Waals surface area contributed by atoms with E-state index < -0.39 is 0 Å². The maximum Gasteiger partial charge on any atom is 0.0701 e. The zero-order valence-electron chi connectivity index (χ0n) is 9.27. The molecule has 5 heteroatoms. The Morgan fingerprint density at radius 3 is 2.94 bits per heavy atom. The van der Waals surface area contributed by atoms with Crippen LogP contribution in [0.25, 0.3) is 0 Å². The quantitative estimate of drug-likeness (QED) is 0.941. The Hall–Kier alpha value is -0.650. The van der Waals surface area contributed by atoms with Crippen molar-refractivity contribution in [2.45, 2.75) is 12.5 Å². The Kier molecular flexibility index (Phi) is 3.78. The lowest BCUT2D eigenvalue weighted by Gasteiger charge is -2.13. The molecule has 2 rings (SSSR count). The molecule has 2 aromatic rings. The largest absolute Gasteiger partial charge is 0.313 e. The van der Waals surface area contributed by atoms with Crippen molar-refractivity contribution in [3.8, 4) is 0 Å². The van der Waals surface area contributed by atoms with Crippen LogP contribution in [0.4, 0.5) is 0 Å². The molecule has 86 valence electrons. The van der Waals surface area contributed by atoms with E-state index in [-0.39, 0.29) is 0 Å². The van der Waals surface area contributed by atoms with Gasteiger partial charge in [-0.1, -0.05) is 0 Å². The van der Waals surface area contributed by atoms with E-state index >= 15 is 0 Å². The molecule has 0 aliphatic carbocycles. The van der Waals surface area contributed by atoms with Crippen molar-refractivity contribution < 1.29 is 0 Å². The zero-order chi connectivity index (χ0) is 11.5. The smallest absolute Gasteiger partial charge is 0.0701 e. The third kappa shape index (κ3) is 2.72. The van der Waals surface area contributed by atoms with Crippen molar-refractivity contribution in [3.05, 3.63) is 38.8 Å². The van der Waals surface area contributed by atoms with Crippen LogP contribution in [0, 0.1) is 0 Å². The van der Waals surface area contributed by atoms with Gasteiger partial charge in [0.05, 0.1) is 9.48 Å². The van der Waals surface area contributed by atoms with Crippen molar-refractivity contribution in [2.75, 3.05) is 7.05 Å². The number of halogens is 1. The van der Waals surface area contributed by atoms with Crippen LogP contribution < -0.4 is 5.32 Å². The SMILES string of the molecule is CNC(Cc1ccn(C)n1)c1csc(Br)c1. The Labute approximate surface area is 108 Å². The number of hydrogen-bond donors (Lipinski definition) is 1. The molecular formula is C11H14BrN3S. The monoisotopic (exact) mass is 299 g/mol. The fraction of sp³-hybridized carbons (Fsp3) is 0.364. The van der Waals surface area contributed by atoms with Crippen molar-refractivity contribution in [1.29, 1.82) is 0 Å². The Balaban J connectivity index is 2.12. The van der Waals surface area contributed by atoms with E-state index in [1.165, 1.54) is 9.35 Å². The van der Waals surface area contributed by atoms with Gasteiger partial charge in [-0.25, -0.2) is 0 Å². The number of nitrogens with zero attached hydrogens (tertiary/aromatic N) is 2. The molecule has 16 heavy (non-hydrogen) atoms. The molecule has 2 heterocycles. The summed E-state index contributed by atoms with van der Waals surface area (Å²) in [5.74, 6) is 0. The van der Waals surface area contributed by atoms with Gasteiger partial charge in [-0.15, -0.1) is 11.3 Å². The summed E-state index contributed by atoms with van der Waals surface area (Å²) in [5, 5.41) is 9.90. The molecule has 0 aromatic carbocycles. The summed E-state index contributed by atoms with van der Waals surface area (Å²) >= 11 is 5.21. The third-order valence-electron chi connectivity index (χ3n) is 2.52. The van der Waals surface area contributed by atoms with Crippen LogP contribution in [-0.4, -0.2) is 16.8 Å². The van der Waals surface area contributed by atoms with Crippen molar-refractivity contribution in [2.24, 2.45) is 7.05 Å². The lowest BCUT2D eigenvalue weighted by Crippen LogP contribution is -2.18. The summed E-state index contributed by atoms with van der Waals surface area (Å²) < 4.78 is 3.01. The molecule has 2 aromatic heterocycles. The summed E-state index contributed by atoms with van der Waals surface area (Å²) in [6.07, 6.45) is 2.89. The highest BCUT2D eigenvalue weighted by atomic mass is 79.9. The first-order chi connectivity index (χ1) is 7.69. The van der Waals surface area contributed by atoms with Crippen LogP contribution in [0.3, 0.4) is 0 Å². The lowest BCUT2D eigenvalue weighted by atomic mass is 10.1. The topological polar surface area (TPSA) is 29.9 Å². The maximum absolute atomic E-state index is 4.40. The van der Waals surface area contributed by atoms with Gasteiger partial charge in [0.25, 0.3) is 0 Å². The molecule has 0 bridgehead atoms. The molecule has 0 saturated carbocycles. The standard InChI is InChI=1S/C11H14BrN3S/c1-13-10(8-5-11(12)16-7-8)6-9-3-4-15(2)14-9/h3-5,7,10,13H,6H2,1-2H3. The highest BCUT2D eigenvalue weighted by molar-refractivity contribution is 9.11. The van der Waals surface area contributed by atoms with Gasteiger partial charge in [-0.3, -0.25) is 4.68 Å². The van der Waals surface area contributed by atoms with Gasteiger partial charge < -0.3 is 5.32 Å². The van der Waals surface area contributed by atoms with E-state index in [0.29, 0.717) is 6.04 Å². The molecule has 1 unspecified atom stereocenters. The summed E-state index contributed by atoms with van der Waals surface area (Å²) in [6.45, 7) is 0. The zero-order valence-corrected chi connectivity index (χ0v) is 11.7. The molecular weight excluding hydrogens is 286 g/mol. The summed E-state index contributed by atoms with van der Waals surface area (Å²) in [7, 11) is 3.93. The normalized spacial score (nSPS) is 12.9. The van der Waals surface area contributed by atoms with Crippen LogP contribution in [0.1, 0.15) is 17.3 Å². The maximum atomic E-state index is 4.40. The van der Waals surface area contributed by atoms with E-state index in [0.717, 1.165) is 12.1 Å². The highest BCUT2D eigenvalue weighted by Gasteiger charge is 2.13. The number of aryl methyl sites for hydroxylation is 1. The first-order valence-corrected chi connectivity index (χ1v) is 6.76. The van der Waals surface area contributed by atoms with E-state index in [9.17, 15) is 0 Å². The summed E-state index contributed by atoms with van der Waals surface area (Å²) in [5.41, 5.74) is 2.43.